The first-order chi connectivity index (χ1) is 5.61. The van der Waals surface area contributed by atoms with E-state index in [1.807, 2.05) is 22.6 Å². The highest BCUT2D eigenvalue weighted by molar-refractivity contribution is 14.1. The molecule has 0 saturated carbocycles. The first-order valence-corrected chi connectivity index (χ1v) is 4.07. The number of carbonyl (C=O) groups is 1. The predicted octanol–water partition coefficient (Wildman–Crippen LogP) is -0.258. The highest BCUT2D eigenvalue weighted by Gasteiger charge is 2.02. The third-order valence-corrected chi connectivity index (χ3v) is 1.76. The van der Waals surface area contributed by atoms with Crippen molar-refractivity contribution in [2.45, 2.75) is 0 Å². The van der Waals surface area contributed by atoms with Crippen LogP contribution in [0.5, 0.6) is 0 Å². The number of nitrogens with two attached hydrogens (primary N) is 2. The summed E-state index contributed by atoms with van der Waals surface area (Å²) in [6.45, 7) is 0. The SMILES string of the molecule is COC(=O)/C(I)=C/C=C(/N)NN. The maximum absolute atomic E-state index is 10.8. The molecule has 0 aliphatic carbocycles. The van der Waals surface area contributed by atoms with Crippen LogP contribution in [0.1, 0.15) is 0 Å². The van der Waals surface area contributed by atoms with Crippen LogP contribution >= 0.6 is 22.6 Å². The Kier molecular flexibility index (Phi) is 5.47. The van der Waals surface area contributed by atoms with Crippen molar-refractivity contribution >= 4 is 28.6 Å². The average Bonchev–Trinajstić information content (AvgIpc) is 2.11. The first kappa shape index (κ1) is 11.2. The van der Waals surface area contributed by atoms with Crippen molar-refractivity contribution in [3.8, 4) is 0 Å². The van der Waals surface area contributed by atoms with Crippen molar-refractivity contribution in [1.29, 1.82) is 0 Å². The van der Waals surface area contributed by atoms with E-state index < -0.39 is 5.97 Å². The van der Waals surface area contributed by atoms with Crippen molar-refractivity contribution in [3.05, 3.63) is 21.6 Å². The molecule has 0 bridgehead atoms. The van der Waals surface area contributed by atoms with Gasteiger partial charge in [-0.1, -0.05) is 0 Å². The molecular weight excluding hydrogens is 273 g/mol. The number of rotatable bonds is 3. The largest absolute Gasteiger partial charge is 0.465 e. The summed E-state index contributed by atoms with van der Waals surface area (Å²) in [6.07, 6.45) is 2.97. The molecule has 5 nitrogen and oxygen atoms in total. The van der Waals surface area contributed by atoms with Gasteiger partial charge in [0, 0.05) is 0 Å². The Balaban J connectivity index is 4.27. The standard InChI is InChI=1S/C6H10IN3O2/c1-12-6(11)4(7)2-3-5(8)10-9/h2-3,10H,8-9H2,1H3/b4-2-,5-3-. The summed E-state index contributed by atoms with van der Waals surface area (Å²) >= 11 is 1.84. The van der Waals surface area contributed by atoms with E-state index in [4.69, 9.17) is 11.6 Å². The van der Waals surface area contributed by atoms with Gasteiger partial charge in [-0.05, 0) is 34.7 Å². The smallest absolute Gasteiger partial charge is 0.344 e. The van der Waals surface area contributed by atoms with Crippen LogP contribution in [0.4, 0.5) is 0 Å². The maximum Gasteiger partial charge on any atom is 0.344 e. The zero-order chi connectivity index (χ0) is 9.56. The number of hydrogen-bond acceptors (Lipinski definition) is 5. The van der Waals surface area contributed by atoms with E-state index in [2.05, 4.69) is 10.2 Å². The van der Waals surface area contributed by atoms with E-state index in [0.29, 0.717) is 3.58 Å². The summed E-state index contributed by atoms with van der Waals surface area (Å²) in [4.78, 5) is 10.8. The molecule has 0 atom stereocenters. The third kappa shape index (κ3) is 4.19. The van der Waals surface area contributed by atoms with Crippen molar-refractivity contribution in [2.24, 2.45) is 11.6 Å². The summed E-state index contributed by atoms with van der Waals surface area (Å²) in [7, 11) is 1.31. The van der Waals surface area contributed by atoms with E-state index in [9.17, 15) is 4.79 Å². The molecule has 0 aromatic carbocycles. The van der Waals surface area contributed by atoms with Gasteiger partial charge in [-0.2, -0.15) is 0 Å². The predicted molar refractivity (Wildman–Crippen MR) is 53.7 cm³/mol. The number of carbonyl (C=O) groups excluding carboxylic acids is 1. The van der Waals surface area contributed by atoms with E-state index in [1.54, 1.807) is 0 Å². The number of allylic oxidation sites excluding steroid dienone is 2. The number of esters is 1. The Morgan fingerprint density at radius 1 is 1.58 bits per heavy atom. The molecule has 0 aliphatic rings. The Hall–Kier alpha value is -0.760. The second-order valence-electron chi connectivity index (χ2n) is 1.77. The molecule has 0 saturated heterocycles. The summed E-state index contributed by atoms with van der Waals surface area (Å²) in [5.74, 6) is 4.84. The molecular formula is C6H10IN3O2. The number of halogens is 1. The highest BCUT2D eigenvalue weighted by atomic mass is 127. The molecule has 68 valence electrons. The minimum absolute atomic E-state index is 0.271. The van der Waals surface area contributed by atoms with Gasteiger partial charge in [-0.3, -0.25) is 0 Å². The van der Waals surface area contributed by atoms with Gasteiger partial charge in [0.05, 0.1) is 10.7 Å². The van der Waals surface area contributed by atoms with Crippen LogP contribution in [-0.4, -0.2) is 13.1 Å². The molecule has 12 heavy (non-hydrogen) atoms. The van der Waals surface area contributed by atoms with Crippen LogP contribution in [0.15, 0.2) is 21.6 Å². The number of ether oxygens (including phenoxy) is 1. The van der Waals surface area contributed by atoms with E-state index in [1.165, 1.54) is 19.3 Å². The van der Waals surface area contributed by atoms with Gasteiger partial charge in [0.1, 0.15) is 5.82 Å². The van der Waals surface area contributed by atoms with Gasteiger partial charge >= 0.3 is 5.97 Å². The number of hydrogen-bond donors (Lipinski definition) is 3. The van der Waals surface area contributed by atoms with Gasteiger partial charge < -0.3 is 15.9 Å². The molecule has 0 aliphatic heterocycles. The molecule has 0 aromatic heterocycles. The minimum Gasteiger partial charge on any atom is -0.465 e. The zero-order valence-corrected chi connectivity index (χ0v) is 8.66. The van der Waals surface area contributed by atoms with Gasteiger partial charge in [-0.25, -0.2) is 10.6 Å². The van der Waals surface area contributed by atoms with Crippen molar-refractivity contribution in [3.63, 3.8) is 0 Å². The molecule has 0 unspecified atom stereocenters. The molecule has 0 spiro atoms. The lowest BCUT2D eigenvalue weighted by Gasteiger charge is -1.96. The highest BCUT2D eigenvalue weighted by Crippen LogP contribution is 2.07. The molecule has 0 radical (unpaired) electrons. The van der Waals surface area contributed by atoms with E-state index >= 15 is 0 Å². The van der Waals surface area contributed by atoms with Crippen molar-refractivity contribution in [1.82, 2.24) is 5.43 Å². The van der Waals surface area contributed by atoms with Crippen LogP contribution in [0.3, 0.4) is 0 Å². The fraction of sp³-hybridized carbons (Fsp3) is 0.167. The Morgan fingerprint density at radius 2 is 2.17 bits per heavy atom. The topological polar surface area (TPSA) is 90.4 Å². The fourth-order valence-electron chi connectivity index (χ4n) is 0.377. The van der Waals surface area contributed by atoms with Crippen LogP contribution in [-0.2, 0) is 9.53 Å². The van der Waals surface area contributed by atoms with Crippen molar-refractivity contribution < 1.29 is 9.53 Å². The monoisotopic (exact) mass is 283 g/mol. The lowest BCUT2D eigenvalue weighted by atomic mass is 10.4. The lowest BCUT2D eigenvalue weighted by molar-refractivity contribution is -0.135. The maximum atomic E-state index is 10.8. The van der Waals surface area contributed by atoms with Gasteiger partial charge in [0.15, 0.2) is 0 Å². The average molecular weight is 283 g/mol. The lowest BCUT2D eigenvalue weighted by Crippen LogP contribution is -2.26. The first-order valence-electron chi connectivity index (χ1n) is 2.99. The molecule has 5 N–H and O–H groups in total. The molecule has 0 heterocycles. The summed E-state index contributed by atoms with van der Waals surface area (Å²) in [6, 6.07) is 0. The van der Waals surface area contributed by atoms with E-state index in [0.717, 1.165) is 0 Å². The number of methoxy groups -OCH3 is 1. The second kappa shape index (κ2) is 5.84. The quantitative estimate of drug-likeness (QED) is 0.166. The van der Waals surface area contributed by atoms with Crippen LogP contribution in [0.2, 0.25) is 0 Å². The normalized spacial score (nSPS) is 12.6. The summed E-state index contributed by atoms with van der Waals surface area (Å²) < 4.78 is 4.87. The number of hydrazine groups is 1. The molecule has 0 fully saturated rings. The molecule has 0 rings (SSSR count). The van der Waals surface area contributed by atoms with Crippen LogP contribution in [0.25, 0.3) is 0 Å². The van der Waals surface area contributed by atoms with E-state index in [-0.39, 0.29) is 5.82 Å². The Morgan fingerprint density at radius 3 is 2.58 bits per heavy atom. The van der Waals surface area contributed by atoms with Gasteiger partial charge in [-0.15, -0.1) is 0 Å². The van der Waals surface area contributed by atoms with Crippen molar-refractivity contribution in [2.75, 3.05) is 7.11 Å². The van der Waals surface area contributed by atoms with Gasteiger partial charge in [0.25, 0.3) is 0 Å². The minimum atomic E-state index is -0.406. The Labute approximate surface area is 83.9 Å². The van der Waals surface area contributed by atoms with Crippen LogP contribution in [0, 0.1) is 0 Å². The third-order valence-electron chi connectivity index (χ3n) is 0.956. The Bertz CT molecular complexity index is 225. The fourth-order valence-corrected chi connectivity index (χ4v) is 0.777. The second-order valence-corrected chi connectivity index (χ2v) is 2.93. The molecule has 6 heteroatoms. The number of nitrogens with one attached hydrogen (secondary N) is 1. The van der Waals surface area contributed by atoms with Crippen LogP contribution < -0.4 is 17.0 Å². The molecule has 0 amide bonds. The summed E-state index contributed by atoms with van der Waals surface area (Å²) in [5.41, 5.74) is 7.50. The van der Waals surface area contributed by atoms with Gasteiger partial charge in [0.2, 0.25) is 0 Å². The molecule has 0 aromatic rings. The summed E-state index contributed by atoms with van der Waals surface area (Å²) in [5, 5.41) is 0. The zero-order valence-electron chi connectivity index (χ0n) is 6.50.